The van der Waals surface area contributed by atoms with E-state index in [2.05, 4.69) is 0 Å². The van der Waals surface area contributed by atoms with E-state index < -0.39 is 17.8 Å². The molecule has 0 unspecified atom stereocenters. The van der Waals surface area contributed by atoms with Crippen molar-refractivity contribution in [3.05, 3.63) is 64.7 Å². The number of amides is 2. The van der Waals surface area contributed by atoms with Crippen LogP contribution in [0.2, 0.25) is 0 Å². The van der Waals surface area contributed by atoms with E-state index in [0.29, 0.717) is 11.1 Å². The van der Waals surface area contributed by atoms with Crippen molar-refractivity contribution in [1.29, 1.82) is 0 Å². The molecule has 1 aliphatic rings. The van der Waals surface area contributed by atoms with Gasteiger partial charge in [-0.3, -0.25) is 9.59 Å². The summed E-state index contributed by atoms with van der Waals surface area (Å²) in [6, 6.07) is 11.6. The Hall–Kier alpha value is -2.95. The largest absolute Gasteiger partial charge is 0.462 e. The number of anilines is 1. The first-order valence-corrected chi connectivity index (χ1v) is 7.30. The molecule has 0 spiro atoms. The molecule has 5 nitrogen and oxygen atoms in total. The summed E-state index contributed by atoms with van der Waals surface area (Å²) in [6.07, 6.45) is 0. The van der Waals surface area contributed by atoms with Gasteiger partial charge in [-0.1, -0.05) is 23.8 Å². The number of fused-ring (bicyclic) bond motifs is 1. The molecule has 0 saturated carbocycles. The molecule has 5 heteroatoms. The highest BCUT2D eigenvalue weighted by atomic mass is 16.5. The maximum absolute atomic E-state index is 12.6. The molecule has 0 N–H and O–H groups in total. The number of hydrogen-bond acceptors (Lipinski definition) is 4. The Labute approximate surface area is 133 Å². The van der Waals surface area contributed by atoms with Crippen molar-refractivity contribution in [3.8, 4) is 0 Å². The monoisotopic (exact) mass is 309 g/mol. The van der Waals surface area contributed by atoms with Gasteiger partial charge in [0.2, 0.25) is 0 Å². The summed E-state index contributed by atoms with van der Waals surface area (Å²) in [4.78, 5) is 38.4. The number of imide groups is 1. The van der Waals surface area contributed by atoms with Crippen LogP contribution in [0.1, 0.15) is 43.6 Å². The van der Waals surface area contributed by atoms with Gasteiger partial charge in [-0.05, 0) is 38.1 Å². The molecule has 0 aromatic heterocycles. The zero-order valence-corrected chi connectivity index (χ0v) is 12.8. The average molecular weight is 309 g/mol. The molecular formula is C18H15NO4. The smallest absolute Gasteiger partial charge is 0.340 e. The Kier molecular flexibility index (Phi) is 3.70. The van der Waals surface area contributed by atoms with Gasteiger partial charge in [0.05, 0.1) is 29.0 Å². The summed E-state index contributed by atoms with van der Waals surface area (Å²) < 4.78 is 5.04. The van der Waals surface area contributed by atoms with Crippen molar-refractivity contribution in [1.82, 2.24) is 0 Å². The number of aryl methyl sites for hydroxylation is 1. The maximum Gasteiger partial charge on any atom is 0.340 e. The van der Waals surface area contributed by atoms with Crippen LogP contribution in [-0.4, -0.2) is 24.4 Å². The number of ether oxygens (including phenoxy) is 1. The normalized spacial score (nSPS) is 13.2. The van der Waals surface area contributed by atoms with E-state index in [4.69, 9.17) is 4.74 Å². The summed E-state index contributed by atoms with van der Waals surface area (Å²) in [6.45, 7) is 3.75. The molecule has 1 aliphatic heterocycles. The molecule has 0 atom stereocenters. The first-order valence-electron chi connectivity index (χ1n) is 7.30. The fraction of sp³-hybridized carbons (Fsp3) is 0.167. The van der Waals surface area contributed by atoms with E-state index >= 15 is 0 Å². The van der Waals surface area contributed by atoms with Crippen LogP contribution < -0.4 is 4.90 Å². The van der Waals surface area contributed by atoms with Gasteiger partial charge >= 0.3 is 5.97 Å². The molecule has 0 aliphatic carbocycles. The van der Waals surface area contributed by atoms with Crippen LogP contribution >= 0.6 is 0 Å². The quantitative estimate of drug-likeness (QED) is 0.646. The number of hydrogen-bond donors (Lipinski definition) is 0. The van der Waals surface area contributed by atoms with E-state index in [1.807, 2.05) is 6.92 Å². The lowest BCUT2D eigenvalue weighted by atomic mass is 10.1. The molecule has 3 rings (SSSR count). The minimum absolute atomic E-state index is 0.210. The Morgan fingerprint density at radius 2 is 1.65 bits per heavy atom. The van der Waals surface area contributed by atoms with Crippen LogP contribution in [0.4, 0.5) is 5.69 Å². The SMILES string of the molecule is CCOC(=O)c1cc(C)ccc1N1C(=O)c2ccccc2C1=O. The Morgan fingerprint density at radius 3 is 2.22 bits per heavy atom. The zero-order valence-electron chi connectivity index (χ0n) is 12.8. The van der Waals surface area contributed by atoms with Crippen LogP contribution in [0, 0.1) is 6.92 Å². The lowest BCUT2D eigenvalue weighted by Crippen LogP contribution is -2.31. The lowest BCUT2D eigenvalue weighted by Gasteiger charge is -2.18. The van der Waals surface area contributed by atoms with Crippen LogP contribution in [-0.2, 0) is 4.74 Å². The van der Waals surface area contributed by atoms with Crippen molar-refractivity contribution in [2.45, 2.75) is 13.8 Å². The lowest BCUT2D eigenvalue weighted by molar-refractivity contribution is 0.0527. The maximum atomic E-state index is 12.6. The van der Waals surface area contributed by atoms with E-state index in [1.165, 1.54) is 0 Å². The third kappa shape index (κ3) is 2.40. The first kappa shape index (κ1) is 15.0. The predicted molar refractivity (Wildman–Crippen MR) is 84.7 cm³/mol. The predicted octanol–water partition coefficient (Wildman–Crippen LogP) is 2.97. The molecule has 2 amide bonds. The molecule has 0 radical (unpaired) electrons. The van der Waals surface area contributed by atoms with Crippen LogP contribution in [0.15, 0.2) is 42.5 Å². The Morgan fingerprint density at radius 1 is 1.04 bits per heavy atom. The second kappa shape index (κ2) is 5.68. The molecular weight excluding hydrogens is 294 g/mol. The van der Waals surface area contributed by atoms with Crippen molar-refractivity contribution >= 4 is 23.5 Å². The number of carbonyl (C=O) groups is 3. The standard InChI is InChI=1S/C18H15NO4/c1-3-23-18(22)14-10-11(2)8-9-15(14)19-16(20)12-6-4-5-7-13(12)17(19)21/h4-10H,3H2,1-2H3. The highest BCUT2D eigenvalue weighted by Gasteiger charge is 2.38. The van der Waals surface area contributed by atoms with E-state index in [0.717, 1.165) is 10.5 Å². The fourth-order valence-corrected chi connectivity index (χ4v) is 2.63. The summed E-state index contributed by atoms with van der Waals surface area (Å²) in [5.41, 5.74) is 1.98. The third-order valence-corrected chi connectivity index (χ3v) is 3.68. The van der Waals surface area contributed by atoms with Gasteiger partial charge in [0, 0.05) is 0 Å². The second-order valence-electron chi connectivity index (χ2n) is 5.23. The number of carbonyl (C=O) groups excluding carboxylic acids is 3. The number of nitrogens with zero attached hydrogens (tertiary/aromatic N) is 1. The van der Waals surface area contributed by atoms with Crippen LogP contribution in [0.5, 0.6) is 0 Å². The number of benzene rings is 2. The highest BCUT2D eigenvalue weighted by molar-refractivity contribution is 6.35. The second-order valence-corrected chi connectivity index (χ2v) is 5.23. The Bertz CT molecular complexity index is 791. The van der Waals surface area contributed by atoms with Crippen molar-refractivity contribution < 1.29 is 19.1 Å². The van der Waals surface area contributed by atoms with Gasteiger partial charge < -0.3 is 4.74 Å². The molecule has 0 saturated heterocycles. The molecule has 0 bridgehead atoms. The van der Waals surface area contributed by atoms with Gasteiger partial charge in [0.1, 0.15) is 0 Å². The third-order valence-electron chi connectivity index (χ3n) is 3.68. The van der Waals surface area contributed by atoms with E-state index in [9.17, 15) is 14.4 Å². The van der Waals surface area contributed by atoms with E-state index in [-0.39, 0.29) is 17.9 Å². The number of esters is 1. The zero-order chi connectivity index (χ0) is 16.6. The molecule has 0 fully saturated rings. The van der Waals surface area contributed by atoms with Crippen molar-refractivity contribution in [2.75, 3.05) is 11.5 Å². The topological polar surface area (TPSA) is 63.7 Å². The molecule has 23 heavy (non-hydrogen) atoms. The fourth-order valence-electron chi connectivity index (χ4n) is 2.63. The van der Waals surface area contributed by atoms with Gasteiger partial charge in [-0.15, -0.1) is 0 Å². The van der Waals surface area contributed by atoms with Gasteiger partial charge in [0.15, 0.2) is 0 Å². The average Bonchev–Trinajstić information content (AvgIpc) is 2.80. The number of rotatable bonds is 3. The summed E-state index contributed by atoms with van der Waals surface area (Å²) in [5.74, 6) is -1.41. The first-order chi connectivity index (χ1) is 11.0. The molecule has 116 valence electrons. The Balaban J connectivity index is 2.12. The molecule has 2 aromatic rings. The van der Waals surface area contributed by atoms with Gasteiger partial charge in [0.25, 0.3) is 11.8 Å². The molecule has 2 aromatic carbocycles. The minimum Gasteiger partial charge on any atom is -0.462 e. The van der Waals surface area contributed by atoms with Gasteiger partial charge in [-0.2, -0.15) is 0 Å². The summed E-state index contributed by atoms with van der Waals surface area (Å²) in [5, 5.41) is 0. The minimum atomic E-state index is -0.553. The van der Waals surface area contributed by atoms with Crippen molar-refractivity contribution in [2.24, 2.45) is 0 Å². The summed E-state index contributed by atoms with van der Waals surface area (Å²) in [7, 11) is 0. The molecule has 1 heterocycles. The highest BCUT2D eigenvalue weighted by Crippen LogP contribution is 2.31. The van der Waals surface area contributed by atoms with Crippen LogP contribution in [0.25, 0.3) is 0 Å². The van der Waals surface area contributed by atoms with E-state index in [1.54, 1.807) is 49.4 Å². The summed E-state index contributed by atoms with van der Waals surface area (Å²) >= 11 is 0. The van der Waals surface area contributed by atoms with Crippen LogP contribution in [0.3, 0.4) is 0 Å². The van der Waals surface area contributed by atoms with Crippen molar-refractivity contribution in [3.63, 3.8) is 0 Å². The van der Waals surface area contributed by atoms with Gasteiger partial charge in [-0.25, -0.2) is 9.69 Å².